The smallest absolute Gasteiger partial charge is 0.311 e. The number of carbonyl (C=O) groups is 1. The number of rotatable bonds is 2. The number of hydrogen-bond donors (Lipinski definition) is 1. The van der Waals surface area contributed by atoms with Gasteiger partial charge in [-0.25, -0.2) is 9.97 Å². The summed E-state index contributed by atoms with van der Waals surface area (Å²) >= 11 is 0. The molecule has 1 aliphatic carbocycles. The molecule has 1 aliphatic heterocycles. The van der Waals surface area contributed by atoms with Gasteiger partial charge in [0.15, 0.2) is 0 Å². The van der Waals surface area contributed by atoms with Crippen molar-refractivity contribution in [3.8, 4) is 0 Å². The second-order valence-electron chi connectivity index (χ2n) is 7.21. The highest BCUT2D eigenvalue weighted by molar-refractivity contribution is 5.90. The van der Waals surface area contributed by atoms with Gasteiger partial charge in [0.05, 0.1) is 5.39 Å². The SMILES string of the molecule is Cc1nnc(C(=O)N2CCN(c3ncnc4[nH]ccc34)CC3(CC3)C2)o1. The molecule has 9 heteroatoms. The van der Waals surface area contributed by atoms with E-state index >= 15 is 0 Å². The van der Waals surface area contributed by atoms with Crippen molar-refractivity contribution in [3.05, 3.63) is 30.4 Å². The Balaban J connectivity index is 1.44. The van der Waals surface area contributed by atoms with Crippen LogP contribution < -0.4 is 4.90 Å². The third kappa shape index (κ3) is 2.51. The molecule has 1 saturated carbocycles. The van der Waals surface area contributed by atoms with Gasteiger partial charge in [0, 0.05) is 44.7 Å². The Morgan fingerprint density at radius 1 is 1.23 bits per heavy atom. The predicted molar refractivity (Wildman–Crippen MR) is 92.7 cm³/mol. The summed E-state index contributed by atoms with van der Waals surface area (Å²) in [7, 11) is 0. The first kappa shape index (κ1) is 15.3. The first-order valence-electron chi connectivity index (χ1n) is 8.76. The zero-order valence-corrected chi connectivity index (χ0v) is 14.5. The van der Waals surface area contributed by atoms with Crippen molar-refractivity contribution in [1.29, 1.82) is 0 Å². The molecule has 0 radical (unpaired) electrons. The third-order valence-electron chi connectivity index (χ3n) is 5.28. The number of aromatic nitrogens is 5. The molecule has 5 rings (SSSR count). The molecule has 0 bridgehead atoms. The molecular weight excluding hydrogens is 334 g/mol. The molecule has 3 aromatic heterocycles. The maximum absolute atomic E-state index is 12.8. The standard InChI is InChI=1S/C17H19N7O2/c1-11-21-22-15(26-11)16(25)24-7-6-23(8-17(9-24)3-4-17)14-12-2-5-18-13(12)19-10-20-14/h2,5,10H,3-4,6-9H2,1H3,(H,18,19,20). The minimum Gasteiger partial charge on any atom is -0.417 e. The third-order valence-corrected chi connectivity index (χ3v) is 5.28. The summed E-state index contributed by atoms with van der Waals surface area (Å²) in [5, 5.41) is 8.67. The molecule has 134 valence electrons. The van der Waals surface area contributed by atoms with Crippen LogP contribution in [-0.4, -0.2) is 62.1 Å². The molecule has 26 heavy (non-hydrogen) atoms. The summed E-state index contributed by atoms with van der Waals surface area (Å²) in [4.78, 5) is 28.8. The van der Waals surface area contributed by atoms with Crippen LogP contribution in [0.3, 0.4) is 0 Å². The van der Waals surface area contributed by atoms with E-state index in [1.54, 1.807) is 13.3 Å². The minimum absolute atomic E-state index is 0.0711. The van der Waals surface area contributed by atoms with Gasteiger partial charge in [0.1, 0.15) is 17.8 Å². The largest absolute Gasteiger partial charge is 0.417 e. The Morgan fingerprint density at radius 3 is 2.88 bits per heavy atom. The lowest BCUT2D eigenvalue weighted by molar-refractivity contribution is 0.0699. The normalized spacial score (nSPS) is 19.1. The molecule has 2 fully saturated rings. The summed E-state index contributed by atoms with van der Waals surface area (Å²) in [6.07, 6.45) is 5.68. The van der Waals surface area contributed by atoms with Gasteiger partial charge in [-0.3, -0.25) is 4.79 Å². The van der Waals surface area contributed by atoms with E-state index in [2.05, 4.69) is 30.0 Å². The molecule has 0 unspecified atom stereocenters. The van der Waals surface area contributed by atoms with Crippen LogP contribution in [0.5, 0.6) is 0 Å². The maximum atomic E-state index is 12.8. The number of nitrogens with one attached hydrogen (secondary N) is 1. The molecule has 1 spiro atoms. The summed E-state index contributed by atoms with van der Waals surface area (Å²) < 4.78 is 5.33. The van der Waals surface area contributed by atoms with E-state index in [9.17, 15) is 4.79 Å². The van der Waals surface area contributed by atoms with Crippen LogP contribution in [0.1, 0.15) is 29.4 Å². The van der Waals surface area contributed by atoms with Gasteiger partial charge in [0.25, 0.3) is 0 Å². The zero-order chi connectivity index (χ0) is 17.7. The van der Waals surface area contributed by atoms with Crippen molar-refractivity contribution in [3.63, 3.8) is 0 Å². The summed E-state index contributed by atoms with van der Waals surface area (Å²) in [6, 6.07) is 2.00. The van der Waals surface area contributed by atoms with Gasteiger partial charge in [-0.1, -0.05) is 0 Å². The van der Waals surface area contributed by atoms with Crippen LogP contribution in [0.15, 0.2) is 23.0 Å². The van der Waals surface area contributed by atoms with Crippen LogP contribution in [0.2, 0.25) is 0 Å². The molecule has 4 heterocycles. The van der Waals surface area contributed by atoms with E-state index in [4.69, 9.17) is 4.42 Å². The number of carbonyl (C=O) groups excluding carboxylic acids is 1. The number of nitrogens with zero attached hydrogens (tertiary/aromatic N) is 6. The number of aryl methyl sites for hydroxylation is 1. The summed E-state index contributed by atoms with van der Waals surface area (Å²) in [6.45, 7) is 4.59. The van der Waals surface area contributed by atoms with E-state index in [0.29, 0.717) is 25.5 Å². The highest BCUT2D eigenvalue weighted by Gasteiger charge is 2.48. The first-order valence-corrected chi connectivity index (χ1v) is 8.76. The summed E-state index contributed by atoms with van der Waals surface area (Å²) in [5.41, 5.74) is 0.952. The molecule has 0 aromatic carbocycles. The van der Waals surface area contributed by atoms with Gasteiger partial charge in [-0.15, -0.1) is 10.2 Å². The second kappa shape index (κ2) is 5.52. The van der Waals surface area contributed by atoms with Crippen LogP contribution in [0.25, 0.3) is 11.0 Å². The number of amides is 1. The zero-order valence-electron chi connectivity index (χ0n) is 14.5. The maximum Gasteiger partial charge on any atom is 0.311 e. The fraction of sp³-hybridized carbons (Fsp3) is 0.471. The molecular formula is C17H19N7O2. The van der Waals surface area contributed by atoms with Gasteiger partial charge >= 0.3 is 11.8 Å². The van der Waals surface area contributed by atoms with Crippen LogP contribution in [0, 0.1) is 12.3 Å². The molecule has 0 atom stereocenters. The van der Waals surface area contributed by atoms with Gasteiger partial charge in [-0.05, 0) is 18.9 Å². The fourth-order valence-electron chi connectivity index (χ4n) is 3.74. The van der Waals surface area contributed by atoms with E-state index in [1.165, 1.54) is 0 Å². The minimum atomic E-state index is -0.187. The molecule has 1 amide bonds. The summed E-state index contributed by atoms with van der Waals surface area (Å²) in [5.74, 6) is 1.21. The second-order valence-corrected chi connectivity index (χ2v) is 7.21. The Morgan fingerprint density at radius 2 is 2.12 bits per heavy atom. The van der Waals surface area contributed by atoms with Gasteiger partial charge in [0.2, 0.25) is 5.89 Å². The van der Waals surface area contributed by atoms with E-state index in [1.807, 2.05) is 17.2 Å². The Bertz CT molecular complexity index is 974. The monoisotopic (exact) mass is 353 g/mol. The first-order chi connectivity index (χ1) is 12.6. The van der Waals surface area contributed by atoms with Crippen LogP contribution in [0.4, 0.5) is 5.82 Å². The quantitative estimate of drug-likeness (QED) is 0.742. The average Bonchev–Trinajstić information content (AvgIpc) is 3.06. The molecule has 3 aromatic rings. The lowest BCUT2D eigenvalue weighted by atomic mass is 10.1. The number of H-pyrrole nitrogens is 1. The van der Waals surface area contributed by atoms with E-state index in [0.717, 1.165) is 36.2 Å². The molecule has 2 aliphatic rings. The van der Waals surface area contributed by atoms with Crippen molar-refractivity contribution in [1.82, 2.24) is 30.0 Å². The Hall–Kier alpha value is -2.97. The highest BCUT2D eigenvalue weighted by Crippen LogP contribution is 2.48. The van der Waals surface area contributed by atoms with Crippen molar-refractivity contribution in [2.45, 2.75) is 19.8 Å². The lowest BCUT2D eigenvalue weighted by Gasteiger charge is -2.25. The fourth-order valence-corrected chi connectivity index (χ4v) is 3.74. The number of aromatic amines is 1. The van der Waals surface area contributed by atoms with Gasteiger partial charge in [-0.2, -0.15) is 0 Å². The van der Waals surface area contributed by atoms with Crippen LogP contribution in [-0.2, 0) is 0 Å². The Labute approximate surface area is 149 Å². The highest BCUT2D eigenvalue weighted by atomic mass is 16.4. The molecule has 1 saturated heterocycles. The number of hydrogen-bond acceptors (Lipinski definition) is 7. The molecule has 1 N–H and O–H groups in total. The van der Waals surface area contributed by atoms with Crippen molar-refractivity contribution in [2.24, 2.45) is 5.41 Å². The van der Waals surface area contributed by atoms with E-state index < -0.39 is 0 Å². The average molecular weight is 353 g/mol. The van der Waals surface area contributed by atoms with Crippen LogP contribution >= 0.6 is 0 Å². The van der Waals surface area contributed by atoms with Crippen molar-refractivity contribution in [2.75, 3.05) is 31.1 Å². The van der Waals surface area contributed by atoms with Crippen molar-refractivity contribution < 1.29 is 9.21 Å². The topological polar surface area (TPSA) is 104 Å². The number of anilines is 1. The van der Waals surface area contributed by atoms with E-state index in [-0.39, 0.29) is 17.2 Å². The predicted octanol–water partition coefficient (Wildman–Crippen LogP) is 1.39. The molecule has 9 nitrogen and oxygen atoms in total. The lowest BCUT2D eigenvalue weighted by Crippen LogP contribution is -2.36. The Kier molecular flexibility index (Phi) is 3.25. The van der Waals surface area contributed by atoms with Crippen molar-refractivity contribution >= 4 is 22.8 Å². The number of fused-ring (bicyclic) bond motifs is 1. The van der Waals surface area contributed by atoms with Gasteiger partial charge < -0.3 is 19.2 Å².